The van der Waals surface area contributed by atoms with Crippen LogP contribution >= 0.6 is 15.9 Å². The Labute approximate surface area is 224 Å². The molecule has 0 radical (unpaired) electrons. The van der Waals surface area contributed by atoms with Crippen LogP contribution in [0.4, 0.5) is 11.4 Å². The summed E-state index contributed by atoms with van der Waals surface area (Å²) >= 11 is 3.60. The van der Waals surface area contributed by atoms with Crippen molar-refractivity contribution in [1.82, 2.24) is 0 Å². The summed E-state index contributed by atoms with van der Waals surface area (Å²) in [6.45, 7) is 0. The lowest BCUT2D eigenvalue weighted by atomic mass is 9.78. The number of rotatable bonds is 6. The summed E-state index contributed by atoms with van der Waals surface area (Å²) in [6.07, 6.45) is 1.02. The molecule has 192 valence electrons. The Kier molecular flexibility index (Phi) is 7.02. The molecule has 0 saturated carbocycles. The SMILES string of the molecule is COc1ccc(C2Nc3ccccc3NC3=C2C(=O)CC(c2cc(OC)c(OC)c(OC)c2)C3)cc1Br. The lowest BCUT2D eigenvalue weighted by Crippen LogP contribution is -2.27. The number of halogens is 1. The standard InChI is InChI=1S/C29H29BrN2O5/c1-34-24-10-9-16(11-19(24)30)28-27-22(31-20-7-5-6-8-21(20)32-28)12-17(13-23(27)33)18-14-25(35-2)29(37-4)26(15-18)36-3/h5-11,14-15,17,28,31-32H,12-13H2,1-4H3. The molecule has 3 aromatic rings. The largest absolute Gasteiger partial charge is 0.496 e. The summed E-state index contributed by atoms with van der Waals surface area (Å²) in [4.78, 5) is 13.9. The Morgan fingerprint density at radius 3 is 2.08 bits per heavy atom. The van der Waals surface area contributed by atoms with Crippen LogP contribution in [0.5, 0.6) is 23.0 Å². The van der Waals surface area contributed by atoms with Gasteiger partial charge in [0.2, 0.25) is 5.75 Å². The van der Waals surface area contributed by atoms with Gasteiger partial charge in [-0.15, -0.1) is 0 Å². The van der Waals surface area contributed by atoms with E-state index in [-0.39, 0.29) is 17.7 Å². The van der Waals surface area contributed by atoms with E-state index in [1.54, 1.807) is 28.4 Å². The lowest BCUT2D eigenvalue weighted by molar-refractivity contribution is -0.116. The topological polar surface area (TPSA) is 78.1 Å². The average molecular weight is 565 g/mol. The number of fused-ring (bicyclic) bond motifs is 1. The van der Waals surface area contributed by atoms with Crippen LogP contribution in [0.25, 0.3) is 0 Å². The average Bonchev–Trinajstić information content (AvgIpc) is 3.09. The van der Waals surface area contributed by atoms with Crippen LogP contribution in [0.2, 0.25) is 0 Å². The molecule has 2 atom stereocenters. The predicted molar refractivity (Wildman–Crippen MR) is 147 cm³/mol. The maximum Gasteiger partial charge on any atom is 0.203 e. The van der Waals surface area contributed by atoms with Gasteiger partial charge >= 0.3 is 0 Å². The molecule has 0 fully saturated rings. The first-order valence-corrected chi connectivity index (χ1v) is 12.8. The molecule has 2 unspecified atom stereocenters. The van der Waals surface area contributed by atoms with Crippen molar-refractivity contribution < 1.29 is 23.7 Å². The minimum absolute atomic E-state index is 0.0547. The van der Waals surface area contributed by atoms with Gasteiger partial charge < -0.3 is 29.6 Å². The van der Waals surface area contributed by atoms with Crippen LogP contribution in [-0.2, 0) is 4.79 Å². The summed E-state index contributed by atoms with van der Waals surface area (Å²) in [7, 11) is 6.42. The molecule has 37 heavy (non-hydrogen) atoms. The van der Waals surface area contributed by atoms with Crippen LogP contribution in [0, 0.1) is 0 Å². The molecule has 7 nitrogen and oxygen atoms in total. The first-order valence-electron chi connectivity index (χ1n) is 12.0. The van der Waals surface area contributed by atoms with Gasteiger partial charge in [0.25, 0.3) is 0 Å². The molecule has 0 bridgehead atoms. The predicted octanol–water partition coefficient (Wildman–Crippen LogP) is 6.46. The molecule has 1 heterocycles. The zero-order chi connectivity index (χ0) is 26.1. The molecule has 8 heteroatoms. The monoisotopic (exact) mass is 564 g/mol. The Morgan fingerprint density at radius 1 is 0.784 bits per heavy atom. The van der Waals surface area contributed by atoms with E-state index in [4.69, 9.17) is 18.9 Å². The number of anilines is 2. The smallest absolute Gasteiger partial charge is 0.203 e. The van der Waals surface area contributed by atoms with Crippen molar-refractivity contribution in [3.05, 3.63) is 81.5 Å². The van der Waals surface area contributed by atoms with E-state index in [9.17, 15) is 4.79 Å². The fraction of sp³-hybridized carbons (Fsp3) is 0.276. The second-order valence-corrected chi connectivity index (χ2v) is 9.88. The van der Waals surface area contributed by atoms with Crippen molar-refractivity contribution in [2.45, 2.75) is 24.8 Å². The van der Waals surface area contributed by atoms with Gasteiger partial charge in [-0.1, -0.05) is 18.2 Å². The van der Waals surface area contributed by atoms with E-state index in [0.717, 1.165) is 44.0 Å². The molecule has 1 aliphatic carbocycles. The summed E-state index contributed by atoms with van der Waals surface area (Å²) in [5, 5.41) is 7.20. The van der Waals surface area contributed by atoms with Crippen molar-refractivity contribution >= 4 is 33.1 Å². The number of methoxy groups -OCH3 is 4. The summed E-state index contributed by atoms with van der Waals surface area (Å²) in [6, 6.07) is 17.5. The van der Waals surface area contributed by atoms with E-state index in [1.807, 2.05) is 54.6 Å². The highest BCUT2D eigenvalue weighted by molar-refractivity contribution is 9.10. The zero-order valence-corrected chi connectivity index (χ0v) is 22.8. The molecule has 0 amide bonds. The molecule has 1 aliphatic heterocycles. The van der Waals surface area contributed by atoms with Gasteiger partial charge in [-0.3, -0.25) is 4.79 Å². The van der Waals surface area contributed by atoms with Crippen molar-refractivity contribution in [2.24, 2.45) is 0 Å². The molecule has 3 aromatic carbocycles. The van der Waals surface area contributed by atoms with Crippen LogP contribution in [0.15, 0.2) is 70.3 Å². The number of Topliss-reactive ketones (excluding diaryl/α,β-unsaturated/α-hetero) is 1. The van der Waals surface area contributed by atoms with Crippen LogP contribution in [0.1, 0.15) is 35.9 Å². The van der Waals surface area contributed by atoms with Gasteiger partial charge in [0.15, 0.2) is 17.3 Å². The number of hydrogen-bond acceptors (Lipinski definition) is 7. The third kappa shape index (κ3) is 4.62. The van der Waals surface area contributed by atoms with Crippen molar-refractivity contribution in [2.75, 3.05) is 39.1 Å². The Hall–Kier alpha value is -3.65. The number of allylic oxidation sites excluding steroid dienone is 1. The van der Waals surface area contributed by atoms with Gasteiger partial charge in [-0.05, 0) is 75.8 Å². The first kappa shape index (κ1) is 25.0. The minimum Gasteiger partial charge on any atom is -0.496 e. The van der Waals surface area contributed by atoms with Crippen LogP contribution in [-0.4, -0.2) is 34.2 Å². The highest BCUT2D eigenvalue weighted by atomic mass is 79.9. The fourth-order valence-electron chi connectivity index (χ4n) is 5.18. The van der Waals surface area contributed by atoms with Gasteiger partial charge in [0, 0.05) is 17.7 Å². The van der Waals surface area contributed by atoms with E-state index in [2.05, 4.69) is 26.6 Å². The van der Waals surface area contributed by atoms with Gasteiger partial charge in [0.05, 0.1) is 50.3 Å². The fourth-order valence-corrected chi connectivity index (χ4v) is 5.74. The molecule has 0 aromatic heterocycles. The molecule has 0 spiro atoms. The molecule has 0 saturated heterocycles. The van der Waals surface area contributed by atoms with Crippen molar-refractivity contribution in [3.63, 3.8) is 0 Å². The lowest BCUT2D eigenvalue weighted by Gasteiger charge is -2.30. The van der Waals surface area contributed by atoms with Gasteiger partial charge in [-0.2, -0.15) is 0 Å². The van der Waals surface area contributed by atoms with Crippen molar-refractivity contribution in [1.29, 1.82) is 0 Å². The zero-order valence-electron chi connectivity index (χ0n) is 21.2. The molecule has 2 aliphatic rings. The summed E-state index contributed by atoms with van der Waals surface area (Å²) < 4.78 is 22.9. The summed E-state index contributed by atoms with van der Waals surface area (Å²) in [5.74, 6) is 2.46. The van der Waals surface area contributed by atoms with Crippen molar-refractivity contribution in [3.8, 4) is 23.0 Å². The molecular weight excluding hydrogens is 536 g/mol. The number of carbonyl (C=O) groups is 1. The van der Waals surface area contributed by atoms with Gasteiger partial charge in [-0.25, -0.2) is 0 Å². The Bertz CT molecular complexity index is 1360. The number of para-hydroxylation sites is 2. The first-order chi connectivity index (χ1) is 18.0. The Balaban J connectivity index is 1.60. The van der Waals surface area contributed by atoms with E-state index in [0.29, 0.717) is 30.1 Å². The number of carbonyl (C=O) groups excluding carboxylic acids is 1. The third-order valence-electron chi connectivity index (χ3n) is 6.98. The maximum absolute atomic E-state index is 13.9. The maximum atomic E-state index is 13.9. The number of benzene rings is 3. The van der Waals surface area contributed by atoms with Gasteiger partial charge in [0.1, 0.15) is 5.75 Å². The molecule has 5 rings (SSSR count). The number of ketones is 1. The Morgan fingerprint density at radius 2 is 1.46 bits per heavy atom. The molecular formula is C29H29BrN2O5. The summed E-state index contributed by atoms with van der Waals surface area (Å²) in [5.41, 5.74) is 5.46. The normalized spacial score (nSPS) is 18.6. The second kappa shape index (κ2) is 10.4. The highest BCUT2D eigenvalue weighted by Gasteiger charge is 2.36. The number of nitrogens with one attached hydrogen (secondary N) is 2. The highest BCUT2D eigenvalue weighted by Crippen LogP contribution is 2.47. The molecule has 2 N–H and O–H groups in total. The minimum atomic E-state index is -0.318. The van der Waals surface area contributed by atoms with Crippen LogP contribution < -0.4 is 29.6 Å². The third-order valence-corrected chi connectivity index (χ3v) is 7.60. The number of ether oxygens (including phenoxy) is 4. The second-order valence-electron chi connectivity index (χ2n) is 9.02. The number of hydrogen-bond donors (Lipinski definition) is 2. The van der Waals surface area contributed by atoms with Crippen LogP contribution in [0.3, 0.4) is 0 Å². The van der Waals surface area contributed by atoms with E-state index in [1.165, 1.54) is 0 Å². The van der Waals surface area contributed by atoms with E-state index < -0.39 is 0 Å². The quantitative estimate of drug-likeness (QED) is 0.355. The van der Waals surface area contributed by atoms with E-state index >= 15 is 0 Å².